The number of hydrogen-bond acceptors (Lipinski definition) is 6. The molecule has 0 saturated heterocycles. The monoisotopic (exact) mass is 426 g/mol. The van der Waals surface area contributed by atoms with Crippen molar-refractivity contribution in [3.05, 3.63) is 41.0 Å². The summed E-state index contributed by atoms with van der Waals surface area (Å²) in [5.74, 6) is -0.266. The minimum atomic E-state index is -0.904. The smallest absolute Gasteiger partial charge is 0.305 e. The van der Waals surface area contributed by atoms with Crippen molar-refractivity contribution in [3.8, 4) is 11.1 Å². The van der Waals surface area contributed by atoms with Crippen molar-refractivity contribution in [3.63, 3.8) is 0 Å². The number of amides is 1. The lowest BCUT2D eigenvalue weighted by molar-refractivity contribution is -0.138. The molecule has 0 radical (unpaired) electrons. The van der Waals surface area contributed by atoms with Crippen LogP contribution >= 0.6 is 11.3 Å². The molecule has 2 aromatic heterocycles. The third-order valence-electron chi connectivity index (χ3n) is 4.97. The quantitative estimate of drug-likeness (QED) is 0.535. The van der Waals surface area contributed by atoms with Gasteiger partial charge in [0.15, 0.2) is 0 Å². The van der Waals surface area contributed by atoms with Crippen molar-refractivity contribution in [2.75, 3.05) is 25.0 Å². The number of anilines is 1. The highest BCUT2D eigenvalue weighted by atomic mass is 32.1. The normalized spacial score (nSPS) is 10.9. The third kappa shape index (κ3) is 4.94. The van der Waals surface area contributed by atoms with Crippen LogP contribution in [-0.4, -0.2) is 51.5 Å². The number of carbonyl (C=O) groups is 2. The molecule has 7 nitrogen and oxygen atoms in total. The molecule has 0 aliphatic carbocycles. The highest BCUT2D eigenvalue weighted by Crippen LogP contribution is 2.40. The molecule has 1 aromatic carbocycles. The number of fused-ring (bicyclic) bond motifs is 1. The fraction of sp³-hybridized carbons (Fsp3) is 0.364. The number of benzene rings is 1. The second-order valence-electron chi connectivity index (χ2n) is 7.10. The van der Waals surface area contributed by atoms with E-state index in [0.29, 0.717) is 18.9 Å². The Hall–Kier alpha value is -3.00. The number of carboxylic acids is 1. The molecular weight excluding hydrogens is 400 g/mol. The molecular formula is C22H26N4O3S. The SMILES string of the molecule is CCN(CCC(=O)O)C(=O)CCNc1ncnc2sc(C)c(-c3ccc(C)cc3)c12. The number of carboxylic acid groups (broad SMARTS) is 1. The zero-order valence-corrected chi connectivity index (χ0v) is 18.3. The standard InChI is InChI=1S/C22H26N4O3S/c1-4-26(12-10-18(28)29)17(27)9-11-23-21-20-19(16-7-5-14(2)6-8-16)15(3)30-22(20)25-13-24-21/h5-8,13H,4,9-12H2,1-3H3,(H,28,29)(H,23,24,25). The fourth-order valence-electron chi connectivity index (χ4n) is 3.38. The number of thiophene rings is 1. The first kappa shape index (κ1) is 21.7. The van der Waals surface area contributed by atoms with Gasteiger partial charge in [-0.2, -0.15) is 0 Å². The second kappa shape index (κ2) is 9.67. The highest BCUT2D eigenvalue weighted by molar-refractivity contribution is 7.19. The first-order valence-corrected chi connectivity index (χ1v) is 10.8. The number of aryl methyl sites for hydroxylation is 2. The number of nitrogens with zero attached hydrogens (tertiary/aromatic N) is 3. The Balaban J connectivity index is 1.77. The van der Waals surface area contributed by atoms with Crippen LogP contribution in [-0.2, 0) is 9.59 Å². The number of aromatic nitrogens is 2. The first-order chi connectivity index (χ1) is 14.4. The molecule has 0 saturated carbocycles. The molecule has 30 heavy (non-hydrogen) atoms. The molecule has 0 aliphatic rings. The van der Waals surface area contributed by atoms with Crippen LogP contribution in [0.15, 0.2) is 30.6 Å². The minimum Gasteiger partial charge on any atom is -0.481 e. The largest absolute Gasteiger partial charge is 0.481 e. The Bertz CT molecular complexity index is 1050. The molecule has 3 aromatic rings. The van der Waals surface area contributed by atoms with Gasteiger partial charge in [-0.05, 0) is 26.3 Å². The Morgan fingerprint density at radius 3 is 2.53 bits per heavy atom. The Labute approximate surface area is 179 Å². The van der Waals surface area contributed by atoms with E-state index in [-0.39, 0.29) is 25.3 Å². The van der Waals surface area contributed by atoms with Crippen LogP contribution in [0.4, 0.5) is 5.82 Å². The summed E-state index contributed by atoms with van der Waals surface area (Å²) in [4.78, 5) is 35.7. The topological polar surface area (TPSA) is 95.4 Å². The van der Waals surface area contributed by atoms with Crippen LogP contribution < -0.4 is 5.32 Å². The lowest BCUT2D eigenvalue weighted by Crippen LogP contribution is -2.33. The predicted octanol–water partition coefficient (Wildman–Crippen LogP) is 4.10. The molecule has 2 N–H and O–H groups in total. The molecule has 0 fully saturated rings. The Morgan fingerprint density at radius 1 is 1.13 bits per heavy atom. The predicted molar refractivity (Wildman–Crippen MR) is 120 cm³/mol. The summed E-state index contributed by atoms with van der Waals surface area (Å²) in [5, 5.41) is 13.1. The van der Waals surface area contributed by atoms with Crippen molar-refractivity contribution in [1.82, 2.24) is 14.9 Å². The number of aliphatic carboxylic acids is 1. The first-order valence-electron chi connectivity index (χ1n) is 9.95. The van der Waals surface area contributed by atoms with Crippen molar-refractivity contribution in [2.24, 2.45) is 0 Å². The van der Waals surface area contributed by atoms with E-state index in [2.05, 4.69) is 53.4 Å². The molecule has 0 bridgehead atoms. The van der Waals surface area contributed by atoms with Gasteiger partial charge in [0, 0.05) is 36.5 Å². The van der Waals surface area contributed by atoms with E-state index >= 15 is 0 Å². The van der Waals surface area contributed by atoms with E-state index in [0.717, 1.165) is 21.3 Å². The van der Waals surface area contributed by atoms with Gasteiger partial charge in [-0.1, -0.05) is 29.8 Å². The number of nitrogens with one attached hydrogen (secondary N) is 1. The molecule has 2 heterocycles. The zero-order valence-electron chi connectivity index (χ0n) is 17.4. The van der Waals surface area contributed by atoms with Crippen LogP contribution in [0.3, 0.4) is 0 Å². The van der Waals surface area contributed by atoms with Crippen molar-refractivity contribution >= 4 is 39.2 Å². The third-order valence-corrected chi connectivity index (χ3v) is 5.98. The zero-order chi connectivity index (χ0) is 21.7. The van der Waals surface area contributed by atoms with Gasteiger partial charge < -0.3 is 15.3 Å². The number of hydrogen-bond donors (Lipinski definition) is 2. The lowest BCUT2D eigenvalue weighted by atomic mass is 10.0. The maximum absolute atomic E-state index is 12.4. The van der Waals surface area contributed by atoms with Crippen LogP contribution in [0, 0.1) is 13.8 Å². The molecule has 3 rings (SSSR count). The van der Waals surface area contributed by atoms with Crippen molar-refractivity contribution < 1.29 is 14.7 Å². The molecule has 0 unspecified atom stereocenters. The minimum absolute atomic E-state index is 0.0480. The van der Waals surface area contributed by atoms with Gasteiger partial charge in [0.2, 0.25) is 5.91 Å². The van der Waals surface area contributed by atoms with Gasteiger partial charge in [0.1, 0.15) is 17.0 Å². The summed E-state index contributed by atoms with van der Waals surface area (Å²) in [7, 11) is 0. The van der Waals surface area contributed by atoms with Gasteiger partial charge in [0.25, 0.3) is 0 Å². The summed E-state index contributed by atoms with van der Waals surface area (Å²) in [6.07, 6.45) is 1.75. The van der Waals surface area contributed by atoms with Gasteiger partial charge in [-0.15, -0.1) is 11.3 Å². The summed E-state index contributed by atoms with van der Waals surface area (Å²) in [5.41, 5.74) is 3.43. The van der Waals surface area contributed by atoms with E-state index in [1.165, 1.54) is 16.8 Å². The van der Waals surface area contributed by atoms with Crippen LogP contribution in [0.2, 0.25) is 0 Å². The molecule has 0 aliphatic heterocycles. The summed E-state index contributed by atoms with van der Waals surface area (Å²) >= 11 is 1.63. The number of rotatable bonds is 9. The molecule has 0 atom stereocenters. The van der Waals surface area contributed by atoms with Crippen molar-refractivity contribution in [2.45, 2.75) is 33.6 Å². The molecule has 158 valence electrons. The summed E-state index contributed by atoms with van der Waals surface area (Å²) in [6.45, 7) is 7.12. The molecule has 8 heteroatoms. The highest BCUT2D eigenvalue weighted by Gasteiger charge is 2.17. The van der Waals surface area contributed by atoms with E-state index in [1.54, 1.807) is 16.2 Å². The average molecular weight is 427 g/mol. The Morgan fingerprint density at radius 2 is 1.87 bits per heavy atom. The van der Waals surface area contributed by atoms with E-state index in [1.807, 2.05) is 6.92 Å². The number of carbonyl (C=O) groups excluding carboxylic acids is 1. The van der Waals surface area contributed by atoms with Gasteiger partial charge in [-0.3, -0.25) is 9.59 Å². The van der Waals surface area contributed by atoms with Gasteiger partial charge >= 0.3 is 5.97 Å². The second-order valence-corrected chi connectivity index (χ2v) is 8.30. The van der Waals surface area contributed by atoms with Gasteiger partial charge in [-0.25, -0.2) is 9.97 Å². The average Bonchev–Trinajstić information content (AvgIpc) is 3.05. The molecule has 1 amide bonds. The van der Waals surface area contributed by atoms with E-state index in [9.17, 15) is 9.59 Å². The van der Waals surface area contributed by atoms with E-state index in [4.69, 9.17) is 5.11 Å². The summed E-state index contributed by atoms with van der Waals surface area (Å²) < 4.78 is 0. The van der Waals surface area contributed by atoms with Crippen LogP contribution in [0.1, 0.15) is 30.2 Å². The fourth-order valence-corrected chi connectivity index (χ4v) is 4.39. The van der Waals surface area contributed by atoms with Crippen molar-refractivity contribution in [1.29, 1.82) is 0 Å². The maximum atomic E-state index is 12.4. The van der Waals surface area contributed by atoms with Crippen LogP contribution in [0.25, 0.3) is 21.3 Å². The Kier molecular flexibility index (Phi) is 6.99. The van der Waals surface area contributed by atoms with Crippen LogP contribution in [0.5, 0.6) is 0 Å². The molecule has 0 spiro atoms. The van der Waals surface area contributed by atoms with Gasteiger partial charge in [0.05, 0.1) is 11.8 Å². The lowest BCUT2D eigenvalue weighted by Gasteiger charge is -2.20. The maximum Gasteiger partial charge on any atom is 0.305 e. The van der Waals surface area contributed by atoms with E-state index < -0.39 is 5.97 Å². The summed E-state index contributed by atoms with van der Waals surface area (Å²) in [6, 6.07) is 8.38.